The molecule has 0 radical (unpaired) electrons. The van der Waals surface area contributed by atoms with Gasteiger partial charge in [0.05, 0.1) is 0 Å². The molecule has 1 rings (SSSR count). The van der Waals surface area contributed by atoms with Crippen LogP contribution in [0.5, 0.6) is 0 Å². The molecule has 1 N–H and O–H groups in total. The minimum Gasteiger partial charge on any atom is -0.315 e. The van der Waals surface area contributed by atoms with Gasteiger partial charge in [0.25, 0.3) is 0 Å². The first-order valence-electron chi connectivity index (χ1n) is 7.19. The number of hydrogen-bond donors (Lipinski definition) is 1. The molecule has 0 aromatic rings. The first-order valence-corrected chi connectivity index (χ1v) is 7.19. The quantitative estimate of drug-likeness (QED) is 0.672. The van der Waals surface area contributed by atoms with Crippen LogP contribution in [0, 0.1) is 11.8 Å². The molecule has 96 valence electrons. The molecule has 0 bridgehead atoms. The molecule has 2 nitrogen and oxygen atoms in total. The molecule has 16 heavy (non-hydrogen) atoms. The zero-order chi connectivity index (χ0) is 11.8. The number of likely N-dealkylation sites (tertiary alicyclic amines) is 1. The molecule has 0 aliphatic carbocycles. The summed E-state index contributed by atoms with van der Waals surface area (Å²) in [4.78, 5) is 2.62. The first-order chi connectivity index (χ1) is 7.76. The molecule has 1 heterocycles. The van der Waals surface area contributed by atoms with Gasteiger partial charge in [-0.05, 0) is 37.8 Å². The SMILES string of the molecule is CCC(CC)CNCCN1CCCC(C)C1. The molecule has 0 saturated carbocycles. The van der Waals surface area contributed by atoms with Gasteiger partial charge in [-0.3, -0.25) is 0 Å². The maximum atomic E-state index is 3.61. The van der Waals surface area contributed by atoms with Gasteiger partial charge < -0.3 is 10.2 Å². The van der Waals surface area contributed by atoms with Gasteiger partial charge in [0.1, 0.15) is 0 Å². The summed E-state index contributed by atoms with van der Waals surface area (Å²) in [5, 5.41) is 3.61. The molecule has 1 fully saturated rings. The Morgan fingerprint density at radius 1 is 1.31 bits per heavy atom. The summed E-state index contributed by atoms with van der Waals surface area (Å²) < 4.78 is 0. The van der Waals surface area contributed by atoms with Gasteiger partial charge in [0.2, 0.25) is 0 Å². The van der Waals surface area contributed by atoms with Crippen LogP contribution in [0.1, 0.15) is 46.5 Å². The molecule has 2 heteroatoms. The van der Waals surface area contributed by atoms with Crippen LogP contribution in [0.2, 0.25) is 0 Å². The number of hydrogen-bond acceptors (Lipinski definition) is 2. The summed E-state index contributed by atoms with van der Waals surface area (Å²) in [6, 6.07) is 0. The van der Waals surface area contributed by atoms with Crippen LogP contribution in [-0.4, -0.2) is 37.6 Å². The van der Waals surface area contributed by atoms with E-state index in [1.807, 2.05) is 0 Å². The number of piperidine rings is 1. The van der Waals surface area contributed by atoms with E-state index in [4.69, 9.17) is 0 Å². The van der Waals surface area contributed by atoms with E-state index in [0.717, 1.165) is 11.8 Å². The number of nitrogens with zero attached hydrogens (tertiary/aromatic N) is 1. The van der Waals surface area contributed by atoms with Crippen LogP contribution < -0.4 is 5.32 Å². The molecule has 1 saturated heterocycles. The zero-order valence-electron chi connectivity index (χ0n) is 11.5. The van der Waals surface area contributed by atoms with E-state index in [2.05, 4.69) is 31.0 Å². The minimum atomic E-state index is 0.875. The Kier molecular flexibility index (Phi) is 7.06. The van der Waals surface area contributed by atoms with Crippen molar-refractivity contribution in [3.05, 3.63) is 0 Å². The average Bonchev–Trinajstić information content (AvgIpc) is 2.29. The Hall–Kier alpha value is -0.0800. The molecule has 0 aromatic heterocycles. The Bertz CT molecular complexity index is 166. The molecular formula is C14H30N2. The van der Waals surface area contributed by atoms with Crippen molar-refractivity contribution in [1.82, 2.24) is 10.2 Å². The Morgan fingerprint density at radius 2 is 2.06 bits per heavy atom. The summed E-state index contributed by atoms with van der Waals surface area (Å²) in [5.74, 6) is 1.79. The third-order valence-electron chi connectivity index (χ3n) is 3.93. The third kappa shape index (κ3) is 5.31. The van der Waals surface area contributed by atoms with Gasteiger partial charge in [0.15, 0.2) is 0 Å². The normalized spacial score (nSPS) is 22.9. The summed E-state index contributed by atoms with van der Waals surface area (Å²) in [6.45, 7) is 13.2. The maximum absolute atomic E-state index is 3.61. The number of rotatable bonds is 7. The fourth-order valence-electron chi connectivity index (χ4n) is 2.61. The standard InChI is InChI=1S/C14H30N2/c1-4-14(5-2)11-15-8-10-16-9-6-7-13(3)12-16/h13-15H,4-12H2,1-3H3. The molecule has 1 aliphatic heterocycles. The van der Waals surface area contributed by atoms with Gasteiger partial charge >= 0.3 is 0 Å². The molecular weight excluding hydrogens is 196 g/mol. The Morgan fingerprint density at radius 3 is 2.69 bits per heavy atom. The summed E-state index contributed by atoms with van der Waals surface area (Å²) >= 11 is 0. The predicted molar refractivity (Wildman–Crippen MR) is 71.8 cm³/mol. The third-order valence-corrected chi connectivity index (χ3v) is 3.93. The highest BCUT2D eigenvalue weighted by Crippen LogP contribution is 2.14. The van der Waals surface area contributed by atoms with Gasteiger partial charge in [-0.2, -0.15) is 0 Å². The molecule has 0 amide bonds. The lowest BCUT2D eigenvalue weighted by Gasteiger charge is -2.30. The van der Waals surface area contributed by atoms with Crippen molar-refractivity contribution < 1.29 is 0 Å². The molecule has 1 unspecified atom stereocenters. The van der Waals surface area contributed by atoms with E-state index in [-0.39, 0.29) is 0 Å². The predicted octanol–water partition coefficient (Wildman–Crippen LogP) is 2.74. The van der Waals surface area contributed by atoms with Gasteiger partial charge in [-0.1, -0.05) is 33.6 Å². The van der Waals surface area contributed by atoms with Crippen molar-refractivity contribution >= 4 is 0 Å². The van der Waals surface area contributed by atoms with E-state index in [1.165, 1.54) is 58.4 Å². The highest BCUT2D eigenvalue weighted by molar-refractivity contribution is 4.70. The van der Waals surface area contributed by atoms with Crippen LogP contribution >= 0.6 is 0 Å². The largest absolute Gasteiger partial charge is 0.315 e. The lowest BCUT2D eigenvalue weighted by Crippen LogP contribution is -2.39. The van der Waals surface area contributed by atoms with E-state index in [1.54, 1.807) is 0 Å². The molecule has 1 aliphatic rings. The van der Waals surface area contributed by atoms with Crippen molar-refractivity contribution in [2.45, 2.75) is 46.5 Å². The highest BCUT2D eigenvalue weighted by Gasteiger charge is 2.15. The van der Waals surface area contributed by atoms with Crippen molar-refractivity contribution in [2.24, 2.45) is 11.8 Å². The highest BCUT2D eigenvalue weighted by atomic mass is 15.1. The maximum Gasteiger partial charge on any atom is 0.0107 e. The lowest BCUT2D eigenvalue weighted by atomic mass is 10.0. The monoisotopic (exact) mass is 226 g/mol. The van der Waals surface area contributed by atoms with E-state index in [0.29, 0.717) is 0 Å². The minimum absolute atomic E-state index is 0.875. The average molecular weight is 226 g/mol. The van der Waals surface area contributed by atoms with Crippen LogP contribution in [0.3, 0.4) is 0 Å². The fourth-order valence-corrected chi connectivity index (χ4v) is 2.61. The van der Waals surface area contributed by atoms with Gasteiger partial charge in [0, 0.05) is 19.6 Å². The second kappa shape index (κ2) is 8.08. The van der Waals surface area contributed by atoms with Crippen LogP contribution in [-0.2, 0) is 0 Å². The fraction of sp³-hybridized carbons (Fsp3) is 1.00. The lowest BCUT2D eigenvalue weighted by molar-refractivity contribution is 0.184. The van der Waals surface area contributed by atoms with Crippen LogP contribution in [0.25, 0.3) is 0 Å². The second-order valence-corrected chi connectivity index (χ2v) is 5.43. The molecule has 1 atom stereocenters. The van der Waals surface area contributed by atoms with Crippen molar-refractivity contribution in [3.63, 3.8) is 0 Å². The number of nitrogens with one attached hydrogen (secondary N) is 1. The van der Waals surface area contributed by atoms with E-state index < -0.39 is 0 Å². The molecule has 0 aromatic carbocycles. The van der Waals surface area contributed by atoms with Crippen molar-refractivity contribution in [2.75, 3.05) is 32.7 Å². The van der Waals surface area contributed by atoms with Crippen molar-refractivity contribution in [1.29, 1.82) is 0 Å². The summed E-state index contributed by atoms with van der Waals surface area (Å²) in [5.41, 5.74) is 0. The van der Waals surface area contributed by atoms with Crippen molar-refractivity contribution in [3.8, 4) is 0 Å². The summed E-state index contributed by atoms with van der Waals surface area (Å²) in [6.07, 6.45) is 5.44. The smallest absolute Gasteiger partial charge is 0.0107 e. The topological polar surface area (TPSA) is 15.3 Å². The first kappa shape index (κ1) is 14.0. The Labute approximate surface area is 102 Å². The van der Waals surface area contributed by atoms with Crippen LogP contribution in [0.15, 0.2) is 0 Å². The van der Waals surface area contributed by atoms with Crippen LogP contribution in [0.4, 0.5) is 0 Å². The second-order valence-electron chi connectivity index (χ2n) is 5.43. The molecule has 0 spiro atoms. The Balaban J connectivity index is 2.02. The van der Waals surface area contributed by atoms with E-state index in [9.17, 15) is 0 Å². The van der Waals surface area contributed by atoms with E-state index >= 15 is 0 Å². The summed E-state index contributed by atoms with van der Waals surface area (Å²) in [7, 11) is 0. The van der Waals surface area contributed by atoms with Gasteiger partial charge in [-0.15, -0.1) is 0 Å². The van der Waals surface area contributed by atoms with Gasteiger partial charge in [-0.25, -0.2) is 0 Å². The zero-order valence-corrected chi connectivity index (χ0v) is 11.5.